The van der Waals surface area contributed by atoms with Gasteiger partial charge in [-0.25, -0.2) is 0 Å². The van der Waals surface area contributed by atoms with Crippen LogP contribution >= 0.6 is 0 Å². The van der Waals surface area contributed by atoms with Gasteiger partial charge in [0.15, 0.2) is 0 Å². The monoisotopic (exact) mass is 393 g/mol. The molecule has 2 aliphatic rings. The molecule has 5 heteroatoms. The molecule has 4 rings (SSSR count). The Kier molecular flexibility index (Phi) is 5.88. The average Bonchev–Trinajstić information content (AvgIpc) is 2.70. The number of nitrogens with one attached hydrogen (secondary N) is 1. The zero-order valence-electron chi connectivity index (χ0n) is 17.5. The number of anilines is 1. The number of aryl methyl sites for hydroxylation is 1. The van der Waals surface area contributed by atoms with Gasteiger partial charge in [0.05, 0.1) is 0 Å². The number of benzene rings is 2. The first-order valence-corrected chi connectivity index (χ1v) is 10.6. The van der Waals surface area contributed by atoms with Crippen molar-refractivity contribution < 1.29 is 9.53 Å². The second-order valence-corrected chi connectivity index (χ2v) is 8.71. The number of carbonyl (C=O) groups is 1. The van der Waals surface area contributed by atoms with Crippen molar-refractivity contribution >= 4 is 11.6 Å². The van der Waals surface area contributed by atoms with Gasteiger partial charge in [0.1, 0.15) is 12.4 Å². The number of carbonyl (C=O) groups excluding carboxylic acids is 1. The van der Waals surface area contributed by atoms with E-state index in [4.69, 9.17) is 4.74 Å². The maximum atomic E-state index is 11.5. The van der Waals surface area contributed by atoms with Crippen molar-refractivity contribution in [3.05, 3.63) is 59.7 Å². The first-order chi connectivity index (χ1) is 14.0. The molecule has 2 aromatic rings. The van der Waals surface area contributed by atoms with Crippen LogP contribution in [0.25, 0.3) is 0 Å². The van der Waals surface area contributed by atoms with Crippen molar-refractivity contribution in [3.63, 3.8) is 0 Å². The third-order valence-electron chi connectivity index (χ3n) is 6.02. The van der Waals surface area contributed by atoms with Crippen LogP contribution in [0, 0.1) is 0 Å². The number of ether oxygens (including phenoxy) is 1. The minimum Gasteiger partial charge on any atom is -0.492 e. The Morgan fingerprint density at radius 3 is 2.69 bits per heavy atom. The molecule has 2 heterocycles. The third-order valence-corrected chi connectivity index (χ3v) is 6.02. The molecule has 0 spiro atoms. The van der Waals surface area contributed by atoms with E-state index in [-0.39, 0.29) is 11.4 Å². The maximum Gasteiger partial charge on any atom is 0.224 e. The molecule has 2 aromatic carbocycles. The number of amides is 1. The van der Waals surface area contributed by atoms with Gasteiger partial charge < -0.3 is 10.1 Å². The van der Waals surface area contributed by atoms with Crippen LogP contribution in [0.4, 0.5) is 5.69 Å². The molecule has 1 N–H and O–H groups in total. The molecule has 0 atom stereocenters. The second kappa shape index (κ2) is 8.56. The molecule has 0 aliphatic carbocycles. The number of piperazine rings is 1. The number of fused-ring (bicyclic) bond motifs is 1. The lowest BCUT2D eigenvalue weighted by atomic mass is 9.97. The average molecular weight is 394 g/mol. The number of hydrogen-bond acceptors (Lipinski definition) is 4. The fourth-order valence-corrected chi connectivity index (χ4v) is 4.32. The lowest BCUT2D eigenvalue weighted by molar-refractivity contribution is -0.116. The summed E-state index contributed by atoms with van der Waals surface area (Å²) < 4.78 is 6.02. The Labute approximate surface area is 173 Å². The van der Waals surface area contributed by atoms with Crippen molar-refractivity contribution in [2.45, 2.75) is 38.8 Å². The van der Waals surface area contributed by atoms with Crippen LogP contribution in [0.2, 0.25) is 0 Å². The van der Waals surface area contributed by atoms with E-state index in [2.05, 4.69) is 65.4 Å². The summed E-state index contributed by atoms with van der Waals surface area (Å²) in [5.74, 6) is 0.988. The van der Waals surface area contributed by atoms with Gasteiger partial charge in [0.25, 0.3) is 0 Å². The van der Waals surface area contributed by atoms with Gasteiger partial charge in [0.2, 0.25) is 5.91 Å². The van der Waals surface area contributed by atoms with Crippen molar-refractivity contribution in [1.29, 1.82) is 0 Å². The Morgan fingerprint density at radius 1 is 1.07 bits per heavy atom. The van der Waals surface area contributed by atoms with Gasteiger partial charge in [0, 0.05) is 50.4 Å². The van der Waals surface area contributed by atoms with E-state index in [0.717, 1.165) is 56.1 Å². The predicted octanol–water partition coefficient (Wildman–Crippen LogP) is 3.55. The molecule has 2 aliphatic heterocycles. The van der Waals surface area contributed by atoms with Crippen molar-refractivity contribution in [2.75, 3.05) is 38.1 Å². The van der Waals surface area contributed by atoms with Crippen LogP contribution in [-0.2, 0) is 17.8 Å². The molecular weight excluding hydrogens is 362 g/mol. The highest BCUT2D eigenvalue weighted by atomic mass is 16.5. The largest absolute Gasteiger partial charge is 0.492 e. The van der Waals surface area contributed by atoms with Crippen LogP contribution in [0.15, 0.2) is 48.5 Å². The maximum absolute atomic E-state index is 11.5. The standard InChI is InChI=1S/C24H31N3O2/c1-24(2)18-26(12-13-27(24)17-19-6-4-3-5-7-19)14-15-29-21-9-10-22-20(16-21)8-11-23(28)25-22/h3-7,9-10,16H,8,11-15,17-18H2,1-2H3,(H,25,28). The van der Waals surface area contributed by atoms with Crippen molar-refractivity contribution in [1.82, 2.24) is 9.80 Å². The Balaban J connectivity index is 1.26. The zero-order chi connectivity index (χ0) is 20.3. The summed E-state index contributed by atoms with van der Waals surface area (Å²) in [7, 11) is 0. The molecule has 1 fully saturated rings. The van der Waals surface area contributed by atoms with Crippen molar-refractivity contribution in [3.8, 4) is 5.75 Å². The van der Waals surface area contributed by atoms with Crippen LogP contribution < -0.4 is 10.1 Å². The summed E-state index contributed by atoms with van der Waals surface area (Å²) in [5, 5.41) is 2.92. The highest BCUT2D eigenvalue weighted by Gasteiger charge is 2.33. The lowest BCUT2D eigenvalue weighted by Crippen LogP contribution is -2.59. The highest BCUT2D eigenvalue weighted by molar-refractivity contribution is 5.93. The summed E-state index contributed by atoms with van der Waals surface area (Å²) in [6.07, 6.45) is 1.34. The topological polar surface area (TPSA) is 44.8 Å². The summed E-state index contributed by atoms with van der Waals surface area (Å²) in [6, 6.07) is 16.7. The molecule has 0 aromatic heterocycles. The first-order valence-electron chi connectivity index (χ1n) is 10.6. The van der Waals surface area contributed by atoms with Crippen LogP contribution in [0.3, 0.4) is 0 Å². The predicted molar refractivity (Wildman–Crippen MR) is 116 cm³/mol. The summed E-state index contributed by atoms with van der Waals surface area (Å²) in [5.41, 5.74) is 3.60. The van der Waals surface area contributed by atoms with Gasteiger partial charge >= 0.3 is 0 Å². The minimum atomic E-state index is 0.0974. The summed E-state index contributed by atoms with van der Waals surface area (Å²) >= 11 is 0. The van der Waals surface area contributed by atoms with Gasteiger partial charge in [-0.3, -0.25) is 14.6 Å². The van der Waals surface area contributed by atoms with E-state index in [0.29, 0.717) is 13.0 Å². The molecule has 0 bridgehead atoms. The fourth-order valence-electron chi connectivity index (χ4n) is 4.32. The highest BCUT2D eigenvalue weighted by Crippen LogP contribution is 2.27. The van der Waals surface area contributed by atoms with E-state index in [9.17, 15) is 4.79 Å². The minimum absolute atomic E-state index is 0.0974. The third kappa shape index (κ3) is 4.98. The van der Waals surface area contributed by atoms with Gasteiger partial charge in [-0.15, -0.1) is 0 Å². The van der Waals surface area contributed by atoms with Crippen LogP contribution in [0.5, 0.6) is 5.75 Å². The Hall–Kier alpha value is -2.37. The van der Waals surface area contributed by atoms with E-state index < -0.39 is 0 Å². The summed E-state index contributed by atoms with van der Waals surface area (Å²) in [4.78, 5) is 16.6. The van der Waals surface area contributed by atoms with E-state index >= 15 is 0 Å². The number of rotatable bonds is 6. The number of nitrogens with zero attached hydrogens (tertiary/aromatic N) is 2. The smallest absolute Gasteiger partial charge is 0.224 e. The zero-order valence-corrected chi connectivity index (χ0v) is 17.5. The molecule has 0 unspecified atom stereocenters. The summed E-state index contributed by atoms with van der Waals surface area (Å²) in [6.45, 7) is 10.5. The van der Waals surface area contributed by atoms with Crippen LogP contribution in [-0.4, -0.2) is 54.0 Å². The number of hydrogen-bond donors (Lipinski definition) is 1. The van der Waals surface area contributed by atoms with Gasteiger partial charge in [-0.05, 0) is 49.6 Å². The second-order valence-electron chi connectivity index (χ2n) is 8.71. The first kappa shape index (κ1) is 19.9. The molecule has 5 nitrogen and oxygen atoms in total. The fraction of sp³-hybridized carbons (Fsp3) is 0.458. The van der Waals surface area contributed by atoms with E-state index in [1.54, 1.807) is 0 Å². The van der Waals surface area contributed by atoms with Gasteiger partial charge in [-0.1, -0.05) is 30.3 Å². The molecule has 1 amide bonds. The van der Waals surface area contributed by atoms with E-state index in [1.807, 2.05) is 12.1 Å². The Bertz CT molecular complexity index is 850. The van der Waals surface area contributed by atoms with Crippen LogP contribution in [0.1, 0.15) is 31.4 Å². The molecule has 1 saturated heterocycles. The molecule has 0 saturated carbocycles. The van der Waals surface area contributed by atoms with Crippen molar-refractivity contribution in [2.24, 2.45) is 0 Å². The van der Waals surface area contributed by atoms with Gasteiger partial charge in [-0.2, -0.15) is 0 Å². The molecular formula is C24H31N3O2. The SMILES string of the molecule is CC1(C)CN(CCOc2ccc3c(c2)CCC(=O)N3)CCN1Cc1ccccc1. The quantitative estimate of drug-likeness (QED) is 0.815. The lowest BCUT2D eigenvalue weighted by Gasteiger charge is -2.47. The Morgan fingerprint density at radius 2 is 1.90 bits per heavy atom. The molecule has 29 heavy (non-hydrogen) atoms. The molecule has 154 valence electrons. The van der Waals surface area contributed by atoms with E-state index in [1.165, 1.54) is 5.56 Å². The normalized spacial score (nSPS) is 19.4. The molecule has 0 radical (unpaired) electrons.